The number of aldehydes is 1. The summed E-state index contributed by atoms with van der Waals surface area (Å²) in [6.45, 7) is 5.55. The lowest BCUT2D eigenvalue weighted by Gasteiger charge is -2.09. The molecule has 0 spiro atoms. The maximum absolute atomic E-state index is 11.0. The molecule has 0 aliphatic carbocycles. The second-order valence-corrected chi connectivity index (χ2v) is 5.38. The number of benzene rings is 1. The van der Waals surface area contributed by atoms with Gasteiger partial charge >= 0.3 is 0 Å². The van der Waals surface area contributed by atoms with Crippen LogP contribution in [0.4, 0.5) is 0 Å². The molecule has 0 unspecified atom stereocenters. The highest BCUT2D eigenvalue weighted by molar-refractivity contribution is 5.73. The third-order valence-electron chi connectivity index (χ3n) is 3.11. The Hall–Kier alpha value is -2.17. The van der Waals surface area contributed by atoms with Gasteiger partial charge in [0.25, 0.3) is 0 Å². The first-order valence-electron chi connectivity index (χ1n) is 7.26. The third-order valence-corrected chi connectivity index (χ3v) is 3.11. The maximum Gasteiger partial charge on any atom is 0.172 e. The van der Waals surface area contributed by atoms with Crippen molar-refractivity contribution >= 4 is 6.29 Å². The van der Waals surface area contributed by atoms with Gasteiger partial charge in [-0.15, -0.1) is 5.10 Å². The first-order chi connectivity index (χ1) is 10.2. The number of carbonyl (C=O) groups excluding carboxylic acids is 1. The van der Waals surface area contributed by atoms with Crippen molar-refractivity contribution in [2.75, 3.05) is 6.61 Å². The average molecular weight is 287 g/mol. The van der Waals surface area contributed by atoms with Crippen LogP contribution in [-0.2, 0) is 13.0 Å². The average Bonchev–Trinajstić information content (AvgIpc) is 2.86. The van der Waals surface area contributed by atoms with E-state index in [1.165, 1.54) is 0 Å². The van der Waals surface area contributed by atoms with E-state index in [1.54, 1.807) is 0 Å². The van der Waals surface area contributed by atoms with Gasteiger partial charge in [-0.05, 0) is 24.5 Å². The van der Waals surface area contributed by atoms with E-state index in [2.05, 4.69) is 24.2 Å². The molecule has 112 valence electrons. The van der Waals surface area contributed by atoms with Crippen molar-refractivity contribution in [3.05, 3.63) is 41.7 Å². The minimum absolute atomic E-state index is 0.452. The summed E-state index contributed by atoms with van der Waals surface area (Å²) in [5, 5.41) is 7.99. The molecule has 0 aliphatic heterocycles. The van der Waals surface area contributed by atoms with Gasteiger partial charge in [0.05, 0.1) is 12.3 Å². The molecule has 1 aromatic carbocycles. The Kier molecular flexibility index (Phi) is 5.49. The topological polar surface area (TPSA) is 57.0 Å². The first kappa shape index (κ1) is 15.2. The molecule has 0 saturated heterocycles. The monoisotopic (exact) mass is 287 g/mol. The summed E-state index contributed by atoms with van der Waals surface area (Å²) in [5.74, 6) is 1.33. The summed E-state index contributed by atoms with van der Waals surface area (Å²) in [6.07, 6.45) is 2.41. The minimum atomic E-state index is 0.452. The highest BCUT2D eigenvalue weighted by Gasteiger charge is 2.13. The van der Waals surface area contributed by atoms with Gasteiger partial charge in [-0.25, -0.2) is 4.68 Å². The van der Waals surface area contributed by atoms with E-state index in [9.17, 15) is 4.79 Å². The molecule has 0 atom stereocenters. The Labute approximate surface area is 124 Å². The number of aromatic nitrogens is 3. The fourth-order valence-electron chi connectivity index (χ4n) is 2.14. The van der Waals surface area contributed by atoms with Crippen molar-refractivity contribution < 1.29 is 9.53 Å². The largest absolute Gasteiger partial charge is 0.494 e. The van der Waals surface area contributed by atoms with Gasteiger partial charge in [-0.1, -0.05) is 37.3 Å². The van der Waals surface area contributed by atoms with Crippen LogP contribution in [0.1, 0.15) is 36.5 Å². The number of hydrogen-bond acceptors (Lipinski definition) is 4. The van der Waals surface area contributed by atoms with E-state index in [1.807, 2.05) is 35.0 Å². The maximum atomic E-state index is 11.0. The van der Waals surface area contributed by atoms with Crippen LogP contribution in [0.5, 0.6) is 5.75 Å². The number of ether oxygens (including phenoxy) is 1. The molecule has 0 bridgehead atoms. The molecule has 5 heteroatoms. The van der Waals surface area contributed by atoms with Gasteiger partial charge < -0.3 is 4.74 Å². The van der Waals surface area contributed by atoms with E-state index in [0.717, 1.165) is 30.6 Å². The van der Waals surface area contributed by atoms with Crippen LogP contribution in [0.3, 0.4) is 0 Å². The van der Waals surface area contributed by atoms with E-state index >= 15 is 0 Å². The zero-order valence-electron chi connectivity index (χ0n) is 12.5. The molecule has 1 heterocycles. The van der Waals surface area contributed by atoms with Crippen molar-refractivity contribution in [2.45, 2.75) is 33.2 Å². The van der Waals surface area contributed by atoms with Gasteiger partial charge in [-0.2, -0.15) is 0 Å². The fraction of sp³-hybridized carbons (Fsp3) is 0.438. The number of nitrogens with zero attached hydrogens (tertiary/aromatic N) is 3. The van der Waals surface area contributed by atoms with E-state index < -0.39 is 0 Å². The van der Waals surface area contributed by atoms with Crippen LogP contribution in [-0.4, -0.2) is 27.9 Å². The van der Waals surface area contributed by atoms with Crippen LogP contribution >= 0.6 is 0 Å². The Balaban J connectivity index is 1.88. The van der Waals surface area contributed by atoms with Crippen molar-refractivity contribution in [3.8, 4) is 5.75 Å². The first-order valence-corrected chi connectivity index (χ1v) is 7.26. The number of aryl methyl sites for hydroxylation is 1. The lowest BCUT2D eigenvalue weighted by molar-refractivity contribution is 0.111. The number of hydrogen-bond donors (Lipinski definition) is 0. The molecule has 2 aromatic rings. The van der Waals surface area contributed by atoms with Crippen LogP contribution in [0.2, 0.25) is 0 Å². The predicted molar refractivity (Wildman–Crippen MR) is 80.5 cm³/mol. The lowest BCUT2D eigenvalue weighted by atomic mass is 10.1. The smallest absolute Gasteiger partial charge is 0.172 e. The molecular weight excluding hydrogens is 266 g/mol. The van der Waals surface area contributed by atoms with Crippen LogP contribution < -0.4 is 4.74 Å². The molecular formula is C16H21N3O2. The summed E-state index contributed by atoms with van der Waals surface area (Å²) in [4.78, 5) is 11.0. The van der Waals surface area contributed by atoms with Crippen LogP contribution in [0.15, 0.2) is 30.3 Å². The summed E-state index contributed by atoms with van der Waals surface area (Å²) >= 11 is 0. The van der Waals surface area contributed by atoms with Crippen molar-refractivity contribution in [1.29, 1.82) is 0 Å². The van der Waals surface area contributed by atoms with Crippen LogP contribution in [0.25, 0.3) is 0 Å². The number of rotatable bonds is 8. The van der Waals surface area contributed by atoms with E-state index in [0.29, 0.717) is 24.8 Å². The quantitative estimate of drug-likeness (QED) is 0.553. The van der Waals surface area contributed by atoms with Gasteiger partial charge in [0.2, 0.25) is 0 Å². The normalized spacial score (nSPS) is 10.8. The van der Waals surface area contributed by atoms with E-state index in [-0.39, 0.29) is 0 Å². The predicted octanol–water partition coefficient (Wildman–Crippen LogP) is 2.76. The zero-order valence-corrected chi connectivity index (χ0v) is 12.5. The van der Waals surface area contributed by atoms with Gasteiger partial charge in [0.15, 0.2) is 6.29 Å². The summed E-state index contributed by atoms with van der Waals surface area (Å²) < 4.78 is 7.47. The Morgan fingerprint density at radius 3 is 2.71 bits per heavy atom. The number of carbonyl (C=O) groups is 1. The number of para-hydroxylation sites is 1. The molecule has 5 nitrogen and oxygen atoms in total. The molecule has 0 aliphatic rings. The molecule has 0 amide bonds. The Bertz CT molecular complexity index is 564. The van der Waals surface area contributed by atoms with E-state index in [4.69, 9.17) is 4.74 Å². The highest BCUT2D eigenvalue weighted by Crippen LogP contribution is 2.12. The Morgan fingerprint density at radius 1 is 1.29 bits per heavy atom. The van der Waals surface area contributed by atoms with Crippen molar-refractivity contribution in [1.82, 2.24) is 15.0 Å². The molecule has 0 radical (unpaired) electrons. The Morgan fingerprint density at radius 2 is 2.05 bits per heavy atom. The molecule has 2 rings (SSSR count). The summed E-state index contributed by atoms with van der Waals surface area (Å²) in [6, 6.07) is 9.73. The van der Waals surface area contributed by atoms with Crippen molar-refractivity contribution in [2.24, 2.45) is 5.92 Å². The lowest BCUT2D eigenvalue weighted by Crippen LogP contribution is -2.11. The van der Waals surface area contributed by atoms with Crippen LogP contribution in [0, 0.1) is 5.92 Å². The highest BCUT2D eigenvalue weighted by atomic mass is 16.5. The molecule has 0 N–H and O–H groups in total. The zero-order chi connectivity index (χ0) is 15.1. The third kappa shape index (κ3) is 4.41. The standard InChI is InChI=1S/C16H21N3O2/c1-13(2)11-16-15(12-20)17-18-19(16)9-6-10-21-14-7-4-3-5-8-14/h3-5,7-8,12-13H,6,9-11H2,1-2H3. The van der Waals surface area contributed by atoms with Gasteiger partial charge in [-0.3, -0.25) is 4.79 Å². The van der Waals surface area contributed by atoms with Gasteiger partial charge in [0.1, 0.15) is 11.4 Å². The SMILES string of the molecule is CC(C)Cc1c(C=O)nnn1CCCOc1ccccc1. The summed E-state index contributed by atoms with van der Waals surface area (Å²) in [7, 11) is 0. The molecule has 0 fully saturated rings. The minimum Gasteiger partial charge on any atom is -0.494 e. The molecule has 1 aromatic heterocycles. The summed E-state index contributed by atoms with van der Waals surface area (Å²) in [5.41, 5.74) is 1.37. The van der Waals surface area contributed by atoms with Crippen molar-refractivity contribution in [3.63, 3.8) is 0 Å². The second kappa shape index (κ2) is 7.57. The molecule has 0 saturated carbocycles. The molecule has 21 heavy (non-hydrogen) atoms. The van der Waals surface area contributed by atoms with Gasteiger partial charge in [0, 0.05) is 13.0 Å². The fourth-order valence-corrected chi connectivity index (χ4v) is 2.14. The second-order valence-electron chi connectivity index (χ2n) is 5.38.